The second-order valence-electron chi connectivity index (χ2n) is 5.85. The van der Waals surface area contributed by atoms with Crippen LogP contribution in [0.4, 0.5) is 5.69 Å². The molecule has 1 heteroatoms. The Morgan fingerprint density at radius 1 is 1.05 bits per heavy atom. The van der Waals surface area contributed by atoms with Gasteiger partial charge in [-0.2, -0.15) is 0 Å². The SMILES string of the molecule is CCCC1CNc2c(Cc3ccccc3)cccc2C1. The van der Waals surface area contributed by atoms with Gasteiger partial charge in [0.25, 0.3) is 0 Å². The van der Waals surface area contributed by atoms with E-state index in [1.165, 1.54) is 41.6 Å². The lowest BCUT2D eigenvalue weighted by Gasteiger charge is -2.28. The molecule has 2 aromatic carbocycles. The Bertz CT molecular complexity index is 559. The molecule has 1 unspecified atom stereocenters. The van der Waals surface area contributed by atoms with Crippen molar-refractivity contribution in [2.24, 2.45) is 5.92 Å². The van der Waals surface area contributed by atoms with E-state index in [0.717, 1.165) is 18.9 Å². The first-order valence-corrected chi connectivity index (χ1v) is 7.75. The van der Waals surface area contributed by atoms with E-state index in [0.29, 0.717) is 0 Å². The maximum Gasteiger partial charge on any atom is 0.0408 e. The molecule has 0 saturated carbocycles. The maximum absolute atomic E-state index is 3.69. The van der Waals surface area contributed by atoms with Crippen molar-refractivity contribution >= 4 is 5.69 Å². The van der Waals surface area contributed by atoms with Gasteiger partial charge in [-0.15, -0.1) is 0 Å². The first kappa shape index (κ1) is 13.2. The molecule has 0 bridgehead atoms. The molecule has 1 atom stereocenters. The average Bonchev–Trinajstić information content (AvgIpc) is 2.49. The topological polar surface area (TPSA) is 12.0 Å². The number of anilines is 1. The molecular weight excluding hydrogens is 242 g/mol. The van der Waals surface area contributed by atoms with Gasteiger partial charge in [0.15, 0.2) is 0 Å². The molecule has 0 aromatic heterocycles. The lowest BCUT2D eigenvalue weighted by molar-refractivity contribution is 0.489. The van der Waals surface area contributed by atoms with Gasteiger partial charge in [-0.1, -0.05) is 61.9 Å². The predicted octanol–water partition coefficient (Wildman–Crippen LogP) is 4.66. The van der Waals surface area contributed by atoms with E-state index in [-0.39, 0.29) is 0 Å². The summed E-state index contributed by atoms with van der Waals surface area (Å²) in [6.45, 7) is 3.41. The van der Waals surface area contributed by atoms with Gasteiger partial charge in [-0.3, -0.25) is 0 Å². The largest absolute Gasteiger partial charge is 0.384 e. The van der Waals surface area contributed by atoms with Crippen molar-refractivity contribution in [3.63, 3.8) is 0 Å². The van der Waals surface area contributed by atoms with Gasteiger partial charge in [0, 0.05) is 12.2 Å². The summed E-state index contributed by atoms with van der Waals surface area (Å²) in [6.07, 6.45) is 4.87. The van der Waals surface area contributed by atoms with Gasteiger partial charge in [0.2, 0.25) is 0 Å². The summed E-state index contributed by atoms with van der Waals surface area (Å²) in [5.41, 5.74) is 5.72. The molecule has 104 valence electrons. The quantitative estimate of drug-likeness (QED) is 0.847. The van der Waals surface area contributed by atoms with Gasteiger partial charge in [0.1, 0.15) is 0 Å². The average molecular weight is 265 g/mol. The summed E-state index contributed by atoms with van der Waals surface area (Å²) in [5, 5.41) is 3.69. The molecule has 0 amide bonds. The monoisotopic (exact) mass is 265 g/mol. The van der Waals surface area contributed by atoms with Crippen molar-refractivity contribution < 1.29 is 0 Å². The number of rotatable bonds is 4. The maximum atomic E-state index is 3.69. The van der Waals surface area contributed by atoms with Crippen LogP contribution in [0.1, 0.15) is 36.5 Å². The minimum absolute atomic E-state index is 0.805. The van der Waals surface area contributed by atoms with Crippen molar-refractivity contribution in [2.45, 2.75) is 32.6 Å². The summed E-state index contributed by atoms with van der Waals surface area (Å²) in [5.74, 6) is 0.805. The molecule has 1 nitrogen and oxygen atoms in total. The molecule has 2 aromatic rings. The normalized spacial score (nSPS) is 17.4. The third-order valence-electron chi connectivity index (χ3n) is 4.25. The molecule has 1 N–H and O–H groups in total. The van der Waals surface area contributed by atoms with Crippen LogP contribution >= 0.6 is 0 Å². The van der Waals surface area contributed by atoms with Crippen molar-refractivity contribution in [3.05, 3.63) is 65.2 Å². The van der Waals surface area contributed by atoms with Crippen LogP contribution in [0, 0.1) is 5.92 Å². The molecule has 0 fully saturated rings. The van der Waals surface area contributed by atoms with E-state index in [1.807, 2.05) is 0 Å². The van der Waals surface area contributed by atoms with E-state index in [2.05, 4.69) is 60.8 Å². The molecule has 1 heterocycles. The third kappa shape index (κ3) is 2.87. The lowest BCUT2D eigenvalue weighted by atomic mass is 9.88. The molecule has 0 spiro atoms. The van der Waals surface area contributed by atoms with E-state index in [4.69, 9.17) is 0 Å². The highest BCUT2D eigenvalue weighted by molar-refractivity contribution is 5.60. The Kier molecular flexibility index (Phi) is 4.05. The molecule has 0 saturated heterocycles. The number of hydrogen-bond acceptors (Lipinski definition) is 1. The zero-order valence-electron chi connectivity index (χ0n) is 12.2. The van der Waals surface area contributed by atoms with Crippen LogP contribution in [-0.4, -0.2) is 6.54 Å². The summed E-state index contributed by atoms with van der Waals surface area (Å²) >= 11 is 0. The van der Waals surface area contributed by atoms with Gasteiger partial charge in [0.05, 0.1) is 0 Å². The van der Waals surface area contributed by atoms with Crippen LogP contribution in [0.3, 0.4) is 0 Å². The third-order valence-corrected chi connectivity index (χ3v) is 4.25. The highest BCUT2D eigenvalue weighted by Gasteiger charge is 2.19. The fraction of sp³-hybridized carbons (Fsp3) is 0.368. The van der Waals surface area contributed by atoms with Crippen LogP contribution in [0.15, 0.2) is 48.5 Å². The van der Waals surface area contributed by atoms with Crippen LogP contribution in [0.2, 0.25) is 0 Å². The van der Waals surface area contributed by atoms with Gasteiger partial charge >= 0.3 is 0 Å². The number of benzene rings is 2. The highest BCUT2D eigenvalue weighted by Crippen LogP contribution is 2.31. The number of fused-ring (bicyclic) bond motifs is 1. The summed E-state index contributed by atoms with van der Waals surface area (Å²) in [6, 6.07) is 17.5. The fourth-order valence-corrected chi connectivity index (χ4v) is 3.26. The van der Waals surface area contributed by atoms with E-state index in [1.54, 1.807) is 0 Å². The Hall–Kier alpha value is -1.76. The summed E-state index contributed by atoms with van der Waals surface area (Å²) in [4.78, 5) is 0. The smallest absolute Gasteiger partial charge is 0.0408 e. The molecule has 1 aliphatic rings. The molecule has 0 aliphatic carbocycles. The van der Waals surface area contributed by atoms with Gasteiger partial charge in [-0.25, -0.2) is 0 Å². The summed E-state index contributed by atoms with van der Waals surface area (Å²) in [7, 11) is 0. The first-order valence-electron chi connectivity index (χ1n) is 7.75. The fourth-order valence-electron chi connectivity index (χ4n) is 3.26. The number of para-hydroxylation sites is 1. The van der Waals surface area contributed by atoms with Crippen LogP contribution in [0.25, 0.3) is 0 Å². The molecule has 1 aliphatic heterocycles. The molecule has 3 rings (SSSR count). The van der Waals surface area contributed by atoms with Crippen LogP contribution in [-0.2, 0) is 12.8 Å². The Morgan fingerprint density at radius 2 is 1.90 bits per heavy atom. The Morgan fingerprint density at radius 3 is 2.70 bits per heavy atom. The molecular formula is C19H23N. The van der Waals surface area contributed by atoms with Gasteiger partial charge in [-0.05, 0) is 41.9 Å². The highest BCUT2D eigenvalue weighted by atomic mass is 14.9. The van der Waals surface area contributed by atoms with E-state index in [9.17, 15) is 0 Å². The van der Waals surface area contributed by atoms with E-state index >= 15 is 0 Å². The van der Waals surface area contributed by atoms with Crippen molar-refractivity contribution in [1.82, 2.24) is 0 Å². The zero-order valence-corrected chi connectivity index (χ0v) is 12.2. The lowest BCUT2D eigenvalue weighted by Crippen LogP contribution is -2.24. The van der Waals surface area contributed by atoms with Gasteiger partial charge < -0.3 is 5.32 Å². The molecule has 0 radical (unpaired) electrons. The summed E-state index contributed by atoms with van der Waals surface area (Å²) < 4.78 is 0. The first-order chi connectivity index (χ1) is 9.86. The minimum atomic E-state index is 0.805. The second-order valence-corrected chi connectivity index (χ2v) is 5.85. The number of hydrogen-bond donors (Lipinski definition) is 1. The molecule has 20 heavy (non-hydrogen) atoms. The van der Waals surface area contributed by atoms with Crippen LogP contribution < -0.4 is 5.32 Å². The minimum Gasteiger partial charge on any atom is -0.384 e. The zero-order chi connectivity index (χ0) is 13.8. The predicted molar refractivity (Wildman–Crippen MR) is 86.3 cm³/mol. The Balaban J connectivity index is 1.82. The van der Waals surface area contributed by atoms with Crippen molar-refractivity contribution in [3.8, 4) is 0 Å². The van der Waals surface area contributed by atoms with Crippen LogP contribution in [0.5, 0.6) is 0 Å². The second kappa shape index (κ2) is 6.13. The van der Waals surface area contributed by atoms with E-state index < -0.39 is 0 Å². The number of nitrogens with one attached hydrogen (secondary N) is 1. The standard InChI is InChI=1S/C19H23N/c1-2-7-16-13-18-11-6-10-17(19(18)20-14-16)12-15-8-4-3-5-9-15/h3-6,8-11,16,20H,2,7,12-14H2,1H3. The van der Waals surface area contributed by atoms with Crippen molar-refractivity contribution in [2.75, 3.05) is 11.9 Å². The Labute approximate surface area is 122 Å². The van der Waals surface area contributed by atoms with Crippen molar-refractivity contribution in [1.29, 1.82) is 0 Å².